The molecule has 0 spiro atoms. The van der Waals surface area contributed by atoms with E-state index < -0.39 is 5.97 Å². The molecule has 7 nitrogen and oxygen atoms in total. The number of hydrogen-bond donors (Lipinski definition) is 3. The van der Waals surface area contributed by atoms with Gasteiger partial charge in [-0.15, -0.1) is 0 Å². The number of likely N-dealkylation sites (N-methyl/N-ethyl adjacent to an activating group) is 1. The molecule has 1 aromatic rings. The van der Waals surface area contributed by atoms with Crippen LogP contribution in [0.15, 0.2) is 6.20 Å². The number of rotatable bonds is 4. The van der Waals surface area contributed by atoms with E-state index in [1.54, 1.807) is 6.20 Å². The Labute approximate surface area is 99.4 Å². The zero-order chi connectivity index (χ0) is 12.3. The zero-order valence-corrected chi connectivity index (χ0v) is 9.81. The van der Waals surface area contributed by atoms with Gasteiger partial charge in [-0.2, -0.15) is 5.10 Å². The van der Waals surface area contributed by atoms with Crippen molar-refractivity contribution < 1.29 is 9.90 Å². The van der Waals surface area contributed by atoms with Gasteiger partial charge in [0.15, 0.2) is 0 Å². The molecule has 1 saturated heterocycles. The number of carbonyl (C=O) groups is 1. The van der Waals surface area contributed by atoms with E-state index >= 15 is 0 Å². The second-order valence-electron chi connectivity index (χ2n) is 4.20. The van der Waals surface area contributed by atoms with Gasteiger partial charge >= 0.3 is 5.97 Å². The van der Waals surface area contributed by atoms with E-state index in [1.165, 1.54) is 0 Å². The molecule has 0 aliphatic carbocycles. The van der Waals surface area contributed by atoms with E-state index in [9.17, 15) is 4.79 Å². The molecule has 0 bridgehead atoms. The average Bonchev–Trinajstić information content (AvgIpc) is 2.76. The number of carboxylic acids is 1. The average molecular weight is 239 g/mol. The van der Waals surface area contributed by atoms with Crippen LogP contribution in [0.4, 0.5) is 0 Å². The highest BCUT2D eigenvalue weighted by atomic mass is 16.4. The van der Waals surface area contributed by atoms with Crippen molar-refractivity contribution in [2.75, 3.05) is 33.2 Å². The van der Waals surface area contributed by atoms with E-state index in [4.69, 9.17) is 5.11 Å². The van der Waals surface area contributed by atoms with Crippen LogP contribution in [0.2, 0.25) is 0 Å². The summed E-state index contributed by atoms with van der Waals surface area (Å²) in [7, 11) is 2.09. The molecular weight excluding hydrogens is 222 g/mol. The molecule has 1 aliphatic heterocycles. The lowest BCUT2D eigenvalue weighted by atomic mass is 10.2. The van der Waals surface area contributed by atoms with E-state index in [2.05, 4.69) is 32.6 Å². The lowest BCUT2D eigenvalue weighted by molar-refractivity contribution is 0.0686. The van der Waals surface area contributed by atoms with Crippen LogP contribution in [0.3, 0.4) is 0 Å². The van der Waals surface area contributed by atoms with Gasteiger partial charge in [-0.05, 0) is 7.05 Å². The fourth-order valence-corrected chi connectivity index (χ4v) is 1.79. The number of H-pyrrole nitrogens is 1. The fourth-order valence-electron chi connectivity index (χ4n) is 1.79. The third-order valence-electron chi connectivity index (χ3n) is 2.93. The molecular formula is C10H17N5O2. The van der Waals surface area contributed by atoms with Crippen LogP contribution in [-0.2, 0) is 6.54 Å². The van der Waals surface area contributed by atoms with Crippen LogP contribution in [-0.4, -0.2) is 64.4 Å². The quantitative estimate of drug-likeness (QED) is 0.648. The monoisotopic (exact) mass is 239 g/mol. The predicted octanol–water partition coefficient (Wildman–Crippen LogP) is -0.640. The van der Waals surface area contributed by atoms with Crippen LogP contribution in [0, 0.1) is 0 Å². The highest BCUT2D eigenvalue weighted by Gasteiger charge is 2.16. The lowest BCUT2D eigenvalue weighted by Gasteiger charge is -2.32. The van der Waals surface area contributed by atoms with Crippen molar-refractivity contribution in [3.8, 4) is 0 Å². The molecule has 17 heavy (non-hydrogen) atoms. The molecule has 0 unspecified atom stereocenters. The maximum atomic E-state index is 10.9. The van der Waals surface area contributed by atoms with Crippen molar-refractivity contribution in [3.63, 3.8) is 0 Å². The fraction of sp³-hybridized carbons (Fsp3) is 0.600. The smallest absolute Gasteiger partial charge is 0.354 e. The van der Waals surface area contributed by atoms with Gasteiger partial charge in [0, 0.05) is 38.3 Å². The largest absolute Gasteiger partial charge is 0.477 e. The topological polar surface area (TPSA) is 84.5 Å². The summed E-state index contributed by atoms with van der Waals surface area (Å²) in [6.45, 7) is 4.41. The number of carboxylic acid groups (broad SMARTS) is 1. The molecule has 0 atom stereocenters. The van der Waals surface area contributed by atoms with Crippen molar-refractivity contribution >= 4 is 5.97 Å². The highest BCUT2D eigenvalue weighted by molar-refractivity contribution is 5.86. The number of nitrogens with one attached hydrogen (secondary N) is 2. The summed E-state index contributed by atoms with van der Waals surface area (Å²) in [5, 5.41) is 17.2. The molecule has 0 saturated carbocycles. The van der Waals surface area contributed by atoms with Crippen LogP contribution in [0.1, 0.15) is 16.1 Å². The molecule has 7 heteroatoms. The first-order valence-electron chi connectivity index (χ1n) is 5.59. The molecule has 1 aromatic heterocycles. The van der Waals surface area contributed by atoms with Crippen molar-refractivity contribution in [1.82, 2.24) is 25.5 Å². The van der Waals surface area contributed by atoms with E-state index in [1.807, 2.05) is 0 Å². The number of aromatic carboxylic acids is 1. The predicted molar refractivity (Wildman–Crippen MR) is 61.5 cm³/mol. The first-order valence-corrected chi connectivity index (χ1v) is 5.59. The molecule has 2 heterocycles. The Balaban J connectivity index is 1.85. The van der Waals surface area contributed by atoms with Gasteiger partial charge < -0.3 is 10.0 Å². The molecule has 0 aromatic carbocycles. The van der Waals surface area contributed by atoms with Crippen molar-refractivity contribution in [2.45, 2.75) is 6.54 Å². The molecule has 94 valence electrons. The number of aromatic amines is 1. The minimum Gasteiger partial charge on any atom is -0.477 e. The van der Waals surface area contributed by atoms with Crippen molar-refractivity contribution in [2.24, 2.45) is 0 Å². The minimum atomic E-state index is -0.974. The van der Waals surface area contributed by atoms with Crippen molar-refractivity contribution in [3.05, 3.63) is 17.5 Å². The Bertz CT molecular complexity index is 384. The summed E-state index contributed by atoms with van der Waals surface area (Å²) in [5.41, 5.74) is 4.06. The van der Waals surface area contributed by atoms with Crippen LogP contribution >= 0.6 is 0 Å². The van der Waals surface area contributed by atoms with Gasteiger partial charge in [0.25, 0.3) is 0 Å². The Morgan fingerprint density at radius 2 is 2.24 bits per heavy atom. The summed E-state index contributed by atoms with van der Waals surface area (Å²) >= 11 is 0. The minimum absolute atomic E-state index is 0.159. The van der Waals surface area contributed by atoms with Crippen LogP contribution in [0.25, 0.3) is 0 Å². The third-order valence-corrected chi connectivity index (χ3v) is 2.93. The normalized spacial score (nSPS) is 18.4. The summed E-state index contributed by atoms with van der Waals surface area (Å²) in [6, 6.07) is 0. The lowest BCUT2D eigenvalue weighted by Crippen LogP contribution is -2.50. The molecule has 3 N–H and O–H groups in total. The van der Waals surface area contributed by atoms with E-state index in [0.717, 1.165) is 26.2 Å². The van der Waals surface area contributed by atoms with Crippen molar-refractivity contribution in [1.29, 1.82) is 0 Å². The molecule has 2 rings (SSSR count). The number of piperazine rings is 1. The highest BCUT2D eigenvalue weighted by Crippen LogP contribution is 2.05. The Morgan fingerprint density at radius 1 is 1.53 bits per heavy atom. The third kappa shape index (κ3) is 3.02. The number of hydrazine groups is 1. The number of hydrogen-bond acceptors (Lipinski definition) is 5. The molecule has 1 aliphatic rings. The Morgan fingerprint density at radius 3 is 2.88 bits per heavy atom. The van der Waals surface area contributed by atoms with Gasteiger partial charge in [0.1, 0.15) is 5.69 Å². The molecule has 1 fully saturated rings. The summed E-state index contributed by atoms with van der Waals surface area (Å²) in [4.78, 5) is 13.1. The van der Waals surface area contributed by atoms with Crippen LogP contribution in [0.5, 0.6) is 0 Å². The molecule has 0 amide bonds. The maximum absolute atomic E-state index is 10.9. The SMILES string of the molecule is CN1CCN(NCc2cn[nH]c2C(=O)O)CC1. The summed E-state index contributed by atoms with van der Waals surface area (Å²) < 4.78 is 0. The van der Waals surface area contributed by atoms with Crippen LogP contribution < -0.4 is 5.43 Å². The van der Waals surface area contributed by atoms with Gasteiger partial charge in [0.05, 0.1) is 6.20 Å². The first-order chi connectivity index (χ1) is 8.16. The number of nitrogens with zero attached hydrogens (tertiary/aromatic N) is 3. The van der Waals surface area contributed by atoms with E-state index in [-0.39, 0.29) is 5.69 Å². The van der Waals surface area contributed by atoms with Gasteiger partial charge in [-0.25, -0.2) is 9.80 Å². The van der Waals surface area contributed by atoms with Gasteiger partial charge in [-0.1, -0.05) is 0 Å². The second kappa shape index (κ2) is 5.26. The standard InChI is InChI=1S/C10H17N5O2/c1-14-2-4-15(5-3-14)12-7-8-6-11-13-9(8)10(16)17/h6,12H,2-5,7H2,1H3,(H,11,13)(H,16,17). The maximum Gasteiger partial charge on any atom is 0.354 e. The Hall–Kier alpha value is -1.44. The van der Waals surface area contributed by atoms with Gasteiger partial charge in [0.2, 0.25) is 0 Å². The number of aromatic nitrogens is 2. The summed E-state index contributed by atoms with van der Waals surface area (Å²) in [6.07, 6.45) is 1.55. The first kappa shape index (κ1) is 12.0. The van der Waals surface area contributed by atoms with E-state index in [0.29, 0.717) is 12.1 Å². The second-order valence-corrected chi connectivity index (χ2v) is 4.20. The summed E-state index contributed by atoms with van der Waals surface area (Å²) in [5.74, 6) is -0.974. The Kier molecular flexibility index (Phi) is 3.72. The molecule has 0 radical (unpaired) electrons. The zero-order valence-electron chi connectivity index (χ0n) is 9.81. The van der Waals surface area contributed by atoms with Gasteiger partial charge in [-0.3, -0.25) is 10.5 Å².